The third-order valence-corrected chi connectivity index (χ3v) is 3.11. The Kier molecular flexibility index (Phi) is 3.06. The molecule has 0 atom stereocenters. The highest BCUT2D eigenvalue weighted by molar-refractivity contribution is 5.82. The van der Waals surface area contributed by atoms with Gasteiger partial charge in [-0.05, 0) is 37.1 Å². The maximum absolute atomic E-state index is 13.5. The van der Waals surface area contributed by atoms with E-state index in [1.807, 2.05) is 29.8 Å². The molecule has 3 heterocycles. The van der Waals surface area contributed by atoms with Crippen molar-refractivity contribution in [2.75, 3.05) is 0 Å². The van der Waals surface area contributed by atoms with Gasteiger partial charge in [0.2, 0.25) is 0 Å². The summed E-state index contributed by atoms with van der Waals surface area (Å²) in [5.74, 6) is -0.329. The van der Waals surface area contributed by atoms with Gasteiger partial charge < -0.3 is 0 Å². The molecule has 100 valence electrons. The van der Waals surface area contributed by atoms with Gasteiger partial charge in [-0.2, -0.15) is 0 Å². The molecule has 3 nitrogen and oxygen atoms in total. The SMILES string of the molecule is C=C(C)Cc1cn(-c2cccnc2)c2ncc(F)cc12. The van der Waals surface area contributed by atoms with Gasteiger partial charge in [-0.25, -0.2) is 9.37 Å². The number of hydrogen-bond donors (Lipinski definition) is 0. The van der Waals surface area contributed by atoms with Crippen LogP contribution < -0.4 is 0 Å². The van der Waals surface area contributed by atoms with E-state index in [1.54, 1.807) is 12.4 Å². The van der Waals surface area contributed by atoms with Crippen LogP contribution in [0.25, 0.3) is 16.7 Å². The number of aromatic nitrogens is 3. The zero-order valence-electron chi connectivity index (χ0n) is 11.2. The fraction of sp³-hybridized carbons (Fsp3) is 0.125. The Balaban J connectivity index is 2.25. The summed E-state index contributed by atoms with van der Waals surface area (Å²) in [6, 6.07) is 5.33. The molecule has 0 aromatic carbocycles. The van der Waals surface area contributed by atoms with E-state index in [0.717, 1.165) is 27.9 Å². The Hall–Kier alpha value is -2.49. The second-order valence-corrected chi connectivity index (χ2v) is 4.89. The number of allylic oxidation sites excluding steroid dienone is 1. The van der Waals surface area contributed by atoms with Crippen LogP contribution in [0.1, 0.15) is 12.5 Å². The molecule has 0 saturated carbocycles. The normalized spacial score (nSPS) is 10.9. The highest BCUT2D eigenvalue weighted by Gasteiger charge is 2.12. The van der Waals surface area contributed by atoms with E-state index < -0.39 is 0 Å². The number of pyridine rings is 2. The van der Waals surface area contributed by atoms with Crippen LogP contribution in [-0.4, -0.2) is 14.5 Å². The topological polar surface area (TPSA) is 30.7 Å². The molecule has 0 bridgehead atoms. The first-order valence-electron chi connectivity index (χ1n) is 6.35. The molecule has 3 aromatic heterocycles. The quantitative estimate of drug-likeness (QED) is 0.678. The van der Waals surface area contributed by atoms with Crippen molar-refractivity contribution in [1.29, 1.82) is 0 Å². The third-order valence-electron chi connectivity index (χ3n) is 3.11. The van der Waals surface area contributed by atoms with Crippen LogP contribution in [0.15, 0.2) is 55.1 Å². The molecule has 4 heteroatoms. The van der Waals surface area contributed by atoms with Gasteiger partial charge in [-0.1, -0.05) is 12.2 Å². The molecule has 0 unspecified atom stereocenters. The van der Waals surface area contributed by atoms with Gasteiger partial charge in [0.15, 0.2) is 0 Å². The van der Waals surface area contributed by atoms with E-state index in [4.69, 9.17) is 0 Å². The van der Waals surface area contributed by atoms with Crippen molar-refractivity contribution in [2.24, 2.45) is 0 Å². The van der Waals surface area contributed by atoms with Gasteiger partial charge in [-0.15, -0.1) is 0 Å². The van der Waals surface area contributed by atoms with E-state index in [1.165, 1.54) is 12.3 Å². The average Bonchev–Trinajstić information content (AvgIpc) is 2.77. The summed E-state index contributed by atoms with van der Waals surface area (Å²) >= 11 is 0. The number of nitrogens with zero attached hydrogens (tertiary/aromatic N) is 3. The monoisotopic (exact) mass is 267 g/mol. The molecule has 20 heavy (non-hydrogen) atoms. The average molecular weight is 267 g/mol. The third kappa shape index (κ3) is 2.20. The van der Waals surface area contributed by atoms with Gasteiger partial charge in [0.25, 0.3) is 0 Å². The maximum Gasteiger partial charge on any atom is 0.144 e. The minimum absolute atomic E-state index is 0.329. The van der Waals surface area contributed by atoms with Crippen molar-refractivity contribution in [3.63, 3.8) is 0 Å². The van der Waals surface area contributed by atoms with Crippen LogP contribution in [0.3, 0.4) is 0 Å². The van der Waals surface area contributed by atoms with Crippen LogP contribution in [0, 0.1) is 5.82 Å². The van der Waals surface area contributed by atoms with E-state index in [0.29, 0.717) is 6.42 Å². The van der Waals surface area contributed by atoms with E-state index >= 15 is 0 Å². The first kappa shape index (κ1) is 12.5. The molecule has 0 aliphatic heterocycles. The molecule has 0 N–H and O–H groups in total. The van der Waals surface area contributed by atoms with Gasteiger partial charge in [0, 0.05) is 17.8 Å². The maximum atomic E-state index is 13.5. The van der Waals surface area contributed by atoms with Crippen LogP contribution in [0.5, 0.6) is 0 Å². The Morgan fingerprint density at radius 2 is 2.25 bits per heavy atom. The van der Waals surface area contributed by atoms with E-state index in [9.17, 15) is 4.39 Å². The van der Waals surface area contributed by atoms with Gasteiger partial charge >= 0.3 is 0 Å². The van der Waals surface area contributed by atoms with Crippen LogP contribution in [-0.2, 0) is 6.42 Å². The number of hydrogen-bond acceptors (Lipinski definition) is 2. The summed E-state index contributed by atoms with van der Waals surface area (Å²) in [5, 5.41) is 0.817. The lowest BCUT2D eigenvalue weighted by molar-refractivity contribution is 0.624. The van der Waals surface area contributed by atoms with Crippen LogP contribution >= 0.6 is 0 Å². The summed E-state index contributed by atoms with van der Waals surface area (Å²) in [6.07, 6.45) is 7.39. The summed E-state index contributed by atoms with van der Waals surface area (Å²) in [4.78, 5) is 8.33. The molecular weight excluding hydrogens is 253 g/mol. The summed E-state index contributed by atoms with van der Waals surface area (Å²) in [5.41, 5.74) is 3.68. The predicted molar refractivity (Wildman–Crippen MR) is 77.3 cm³/mol. The second-order valence-electron chi connectivity index (χ2n) is 4.89. The van der Waals surface area contributed by atoms with Gasteiger partial charge in [0.05, 0.1) is 18.1 Å². The van der Waals surface area contributed by atoms with Crippen LogP contribution in [0.4, 0.5) is 4.39 Å². The summed E-state index contributed by atoms with van der Waals surface area (Å²) in [7, 11) is 0. The first-order valence-corrected chi connectivity index (χ1v) is 6.35. The minimum Gasteiger partial charge on any atom is -0.299 e. The Morgan fingerprint density at radius 3 is 2.95 bits per heavy atom. The molecule has 0 fully saturated rings. The van der Waals surface area contributed by atoms with Crippen molar-refractivity contribution < 1.29 is 4.39 Å². The van der Waals surface area contributed by atoms with E-state index in [-0.39, 0.29) is 5.82 Å². The highest BCUT2D eigenvalue weighted by atomic mass is 19.1. The smallest absolute Gasteiger partial charge is 0.144 e. The molecule has 0 spiro atoms. The molecular formula is C16H14FN3. The predicted octanol–water partition coefficient (Wildman–Crippen LogP) is 3.68. The molecule has 0 aliphatic rings. The fourth-order valence-corrected chi connectivity index (χ4v) is 2.31. The van der Waals surface area contributed by atoms with Crippen molar-refractivity contribution in [2.45, 2.75) is 13.3 Å². The van der Waals surface area contributed by atoms with E-state index in [2.05, 4.69) is 16.5 Å². The van der Waals surface area contributed by atoms with Gasteiger partial charge in [-0.3, -0.25) is 9.55 Å². The highest BCUT2D eigenvalue weighted by Crippen LogP contribution is 2.25. The minimum atomic E-state index is -0.329. The molecule has 0 saturated heterocycles. The lowest BCUT2D eigenvalue weighted by Crippen LogP contribution is -1.94. The van der Waals surface area contributed by atoms with Crippen LogP contribution in [0.2, 0.25) is 0 Å². The Morgan fingerprint density at radius 1 is 1.40 bits per heavy atom. The van der Waals surface area contributed by atoms with Crippen molar-refractivity contribution >= 4 is 11.0 Å². The molecule has 3 rings (SSSR count). The van der Waals surface area contributed by atoms with Crippen molar-refractivity contribution in [1.82, 2.24) is 14.5 Å². The summed E-state index contributed by atoms with van der Waals surface area (Å²) in [6.45, 7) is 5.88. The van der Waals surface area contributed by atoms with Gasteiger partial charge in [0.1, 0.15) is 11.5 Å². The lowest BCUT2D eigenvalue weighted by atomic mass is 10.1. The second kappa shape index (κ2) is 4.89. The van der Waals surface area contributed by atoms with Crippen molar-refractivity contribution in [3.05, 3.63) is 66.5 Å². The standard InChI is InChI=1S/C16H14FN3/c1-11(2)6-12-10-20(14-4-3-5-18-9-14)16-15(12)7-13(17)8-19-16/h3-5,7-10H,1,6H2,2H3. The van der Waals surface area contributed by atoms with Crippen molar-refractivity contribution in [3.8, 4) is 5.69 Å². The Bertz CT molecular complexity index is 775. The number of halogens is 1. The first-order chi connectivity index (χ1) is 9.65. The zero-order chi connectivity index (χ0) is 14.1. The summed E-state index contributed by atoms with van der Waals surface area (Å²) < 4.78 is 15.4. The molecule has 0 aliphatic carbocycles. The fourth-order valence-electron chi connectivity index (χ4n) is 2.31. The lowest BCUT2D eigenvalue weighted by Gasteiger charge is -2.02. The molecule has 0 radical (unpaired) electrons. The molecule has 0 amide bonds. The number of fused-ring (bicyclic) bond motifs is 1. The molecule has 3 aromatic rings. The number of rotatable bonds is 3. The Labute approximate surface area is 116 Å². The zero-order valence-corrected chi connectivity index (χ0v) is 11.2. The largest absolute Gasteiger partial charge is 0.299 e.